The summed E-state index contributed by atoms with van der Waals surface area (Å²) in [5.41, 5.74) is 1.61. The Balaban J connectivity index is 2.69. The van der Waals surface area contributed by atoms with E-state index in [1.54, 1.807) is 19.1 Å². The molecule has 0 unspecified atom stereocenters. The first-order valence-corrected chi connectivity index (χ1v) is 5.59. The average Bonchev–Trinajstić information content (AvgIpc) is 2.33. The molecule has 0 aliphatic rings. The van der Waals surface area contributed by atoms with Gasteiger partial charge in [-0.15, -0.1) is 0 Å². The number of nitriles is 1. The van der Waals surface area contributed by atoms with E-state index in [0.717, 1.165) is 5.56 Å². The molecule has 1 amide bonds. The largest absolute Gasteiger partial charge is 0.483 e. The molecular weight excluding hydrogens is 232 g/mol. The Hall–Kier alpha value is -2.06. The van der Waals surface area contributed by atoms with Gasteiger partial charge in [0.2, 0.25) is 0 Å². The van der Waals surface area contributed by atoms with E-state index in [2.05, 4.69) is 5.32 Å². The number of carbonyl (C=O) groups is 1. The first-order chi connectivity index (χ1) is 8.54. The van der Waals surface area contributed by atoms with Gasteiger partial charge in [-0.05, 0) is 25.5 Å². The van der Waals surface area contributed by atoms with Crippen LogP contribution in [0.15, 0.2) is 18.2 Å². The lowest BCUT2D eigenvalue weighted by Gasteiger charge is -2.13. The van der Waals surface area contributed by atoms with Crippen molar-refractivity contribution in [3.63, 3.8) is 0 Å². The van der Waals surface area contributed by atoms with E-state index >= 15 is 0 Å². The number of aliphatic hydroxyl groups excluding tert-OH is 1. The van der Waals surface area contributed by atoms with Crippen LogP contribution in [-0.4, -0.2) is 24.2 Å². The Morgan fingerprint density at radius 1 is 1.61 bits per heavy atom. The summed E-state index contributed by atoms with van der Waals surface area (Å²) < 4.78 is 5.36. The number of nitrogens with one attached hydrogen (secondary N) is 1. The molecule has 96 valence electrons. The Kier molecular flexibility index (Phi) is 5.15. The maximum atomic E-state index is 11.3. The summed E-state index contributed by atoms with van der Waals surface area (Å²) in [6, 6.07) is 7.20. The molecule has 0 saturated carbocycles. The molecular formula is C13H16N2O3. The van der Waals surface area contributed by atoms with Gasteiger partial charge in [-0.1, -0.05) is 12.1 Å². The summed E-state index contributed by atoms with van der Waals surface area (Å²) >= 11 is 0. The third-order valence-corrected chi connectivity index (χ3v) is 2.34. The SMILES string of the molecule is Cc1ccc([C@@H](C)O)c(OCC(=O)NCC#N)c1. The van der Waals surface area contributed by atoms with Crippen LogP contribution in [0, 0.1) is 18.3 Å². The maximum absolute atomic E-state index is 11.3. The topological polar surface area (TPSA) is 82.3 Å². The summed E-state index contributed by atoms with van der Waals surface area (Å²) in [5.74, 6) is 0.117. The monoisotopic (exact) mass is 248 g/mol. The number of rotatable bonds is 5. The number of carbonyl (C=O) groups excluding carboxylic acids is 1. The van der Waals surface area contributed by atoms with E-state index in [0.29, 0.717) is 11.3 Å². The molecule has 2 N–H and O–H groups in total. The summed E-state index contributed by atoms with van der Waals surface area (Å²) in [6.45, 7) is 3.31. The van der Waals surface area contributed by atoms with Crippen molar-refractivity contribution in [3.05, 3.63) is 29.3 Å². The number of hydrogen-bond acceptors (Lipinski definition) is 4. The molecule has 0 saturated heterocycles. The van der Waals surface area contributed by atoms with Crippen molar-refractivity contribution >= 4 is 5.91 Å². The Labute approximate surface area is 106 Å². The zero-order valence-corrected chi connectivity index (χ0v) is 10.4. The van der Waals surface area contributed by atoms with Gasteiger partial charge in [0.1, 0.15) is 12.3 Å². The molecule has 1 rings (SSSR count). The van der Waals surface area contributed by atoms with Gasteiger partial charge in [0.15, 0.2) is 6.61 Å². The smallest absolute Gasteiger partial charge is 0.258 e. The number of aryl methyl sites for hydroxylation is 1. The summed E-state index contributed by atoms with van der Waals surface area (Å²) in [4.78, 5) is 11.3. The van der Waals surface area contributed by atoms with Gasteiger partial charge >= 0.3 is 0 Å². The predicted molar refractivity (Wildman–Crippen MR) is 65.9 cm³/mol. The minimum absolute atomic E-state index is 0.0424. The van der Waals surface area contributed by atoms with Crippen LogP contribution < -0.4 is 10.1 Å². The van der Waals surface area contributed by atoms with E-state index in [1.807, 2.05) is 19.1 Å². The van der Waals surface area contributed by atoms with Crippen LogP contribution in [0.2, 0.25) is 0 Å². The second-order valence-electron chi connectivity index (χ2n) is 3.94. The van der Waals surface area contributed by atoms with Crippen molar-refractivity contribution in [3.8, 4) is 11.8 Å². The van der Waals surface area contributed by atoms with E-state index in [1.165, 1.54) is 0 Å². The minimum Gasteiger partial charge on any atom is -0.483 e. The lowest BCUT2D eigenvalue weighted by molar-refractivity contribution is -0.122. The van der Waals surface area contributed by atoms with Crippen LogP contribution in [0.25, 0.3) is 0 Å². The standard InChI is InChI=1S/C13H16N2O3/c1-9-3-4-11(10(2)16)12(7-9)18-8-13(17)15-6-5-14/h3-4,7,10,16H,6,8H2,1-2H3,(H,15,17)/t10-/m1/s1. The van der Waals surface area contributed by atoms with Crippen molar-refractivity contribution in [2.45, 2.75) is 20.0 Å². The zero-order chi connectivity index (χ0) is 13.5. The molecule has 0 heterocycles. The number of aliphatic hydroxyl groups is 1. The van der Waals surface area contributed by atoms with E-state index in [9.17, 15) is 9.90 Å². The minimum atomic E-state index is -0.664. The van der Waals surface area contributed by atoms with Crippen LogP contribution in [0.4, 0.5) is 0 Å². The van der Waals surface area contributed by atoms with Gasteiger partial charge in [0.25, 0.3) is 5.91 Å². The average molecular weight is 248 g/mol. The highest BCUT2D eigenvalue weighted by molar-refractivity contribution is 5.77. The fourth-order valence-electron chi connectivity index (χ4n) is 1.44. The van der Waals surface area contributed by atoms with Gasteiger partial charge in [0.05, 0.1) is 12.2 Å². The third kappa shape index (κ3) is 4.07. The van der Waals surface area contributed by atoms with Crippen molar-refractivity contribution in [1.82, 2.24) is 5.32 Å². The molecule has 0 aliphatic heterocycles. The van der Waals surface area contributed by atoms with Crippen molar-refractivity contribution < 1.29 is 14.6 Å². The second-order valence-corrected chi connectivity index (χ2v) is 3.94. The van der Waals surface area contributed by atoms with Crippen LogP contribution in [0.1, 0.15) is 24.2 Å². The van der Waals surface area contributed by atoms with Crippen molar-refractivity contribution in [1.29, 1.82) is 5.26 Å². The summed E-state index contributed by atoms with van der Waals surface area (Å²) in [5, 5.41) is 20.3. The van der Waals surface area contributed by atoms with E-state index in [-0.39, 0.29) is 19.1 Å². The molecule has 0 radical (unpaired) electrons. The Morgan fingerprint density at radius 2 is 2.33 bits per heavy atom. The Morgan fingerprint density at radius 3 is 2.94 bits per heavy atom. The maximum Gasteiger partial charge on any atom is 0.258 e. The van der Waals surface area contributed by atoms with Gasteiger partial charge in [-0.3, -0.25) is 4.79 Å². The third-order valence-electron chi connectivity index (χ3n) is 2.34. The lowest BCUT2D eigenvalue weighted by atomic mass is 10.1. The molecule has 1 aromatic rings. The molecule has 0 bridgehead atoms. The van der Waals surface area contributed by atoms with Crippen molar-refractivity contribution in [2.24, 2.45) is 0 Å². The number of hydrogen-bond donors (Lipinski definition) is 2. The molecule has 18 heavy (non-hydrogen) atoms. The lowest BCUT2D eigenvalue weighted by Crippen LogP contribution is -2.29. The first kappa shape index (κ1) is 14.0. The van der Waals surface area contributed by atoms with Crippen LogP contribution in [0.3, 0.4) is 0 Å². The molecule has 1 atom stereocenters. The van der Waals surface area contributed by atoms with Crippen LogP contribution >= 0.6 is 0 Å². The molecule has 1 aromatic carbocycles. The second kappa shape index (κ2) is 6.62. The fraction of sp³-hybridized carbons (Fsp3) is 0.385. The quantitative estimate of drug-likeness (QED) is 0.763. The number of nitrogens with zero attached hydrogens (tertiary/aromatic N) is 1. The van der Waals surface area contributed by atoms with Gasteiger partial charge in [-0.25, -0.2) is 0 Å². The molecule has 0 aliphatic carbocycles. The van der Waals surface area contributed by atoms with Gasteiger partial charge < -0.3 is 15.2 Å². The summed E-state index contributed by atoms with van der Waals surface area (Å²) in [6.07, 6.45) is -0.664. The Bertz CT molecular complexity index is 464. The highest BCUT2D eigenvalue weighted by Crippen LogP contribution is 2.26. The molecule has 0 aromatic heterocycles. The number of amides is 1. The summed E-state index contributed by atoms with van der Waals surface area (Å²) in [7, 11) is 0. The van der Waals surface area contributed by atoms with E-state index < -0.39 is 6.10 Å². The molecule has 0 spiro atoms. The van der Waals surface area contributed by atoms with Gasteiger partial charge in [0, 0.05) is 5.56 Å². The first-order valence-electron chi connectivity index (χ1n) is 5.59. The van der Waals surface area contributed by atoms with Crippen LogP contribution in [0.5, 0.6) is 5.75 Å². The zero-order valence-electron chi connectivity index (χ0n) is 10.4. The number of benzene rings is 1. The highest BCUT2D eigenvalue weighted by atomic mass is 16.5. The van der Waals surface area contributed by atoms with Gasteiger partial charge in [-0.2, -0.15) is 5.26 Å². The predicted octanol–water partition coefficient (Wildman–Crippen LogP) is 1.07. The van der Waals surface area contributed by atoms with E-state index in [4.69, 9.17) is 10.00 Å². The molecule has 0 fully saturated rings. The number of ether oxygens (including phenoxy) is 1. The van der Waals surface area contributed by atoms with Crippen molar-refractivity contribution in [2.75, 3.05) is 13.2 Å². The fourth-order valence-corrected chi connectivity index (χ4v) is 1.44. The van der Waals surface area contributed by atoms with Crippen LogP contribution in [-0.2, 0) is 4.79 Å². The highest BCUT2D eigenvalue weighted by Gasteiger charge is 2.10. The normalized spacial score (nSPS) is 11.4. The molecule has 5 nitrogen and oxygen atoms in total. The molecule has 5 heteroatoms.